The first-order valence-electron chi connectivity index (χ1n) is 6.48. The van der Waals surface area contributed by atoms with Crippen LogP contribution < -0.4 is 10.6 Å². The number of hydrogen-bond acceptors (Lipinski definition) is 2. The number of hydrogen-bond donors (Lipinski definition) is 3. The molecule has 0 aliphatic carbocycles. The van der Waals surface area contributed by atoms with Crippen molar-refractivity contribution in [2.75, 3.05) is 13.1 Å². The van der Waals surface area contributed by atoms with Crippen molar-refractivity contribution >= 4 is 16.9 Å². The molecule has 106 valence electrons. The first-order valence-corrected chi connectivity index (χ1v) is 6.48. The lowest BCUT2D eigenvalue weighted by molar-refractivity contribution is 0.174. The summed E-state index contributed by atoms with van der Waals surface area (Å²) >= 11 is 0. The molecule has 3 N–H and O–H groups in total. The second kappa shape index (κ2) is 6.25. The van der Waals surface area contributed by atoms with Crippen molar-refractivity contribution in [3.8, 4) is 0 Å². The molecular weight excluding hydrogens is 254 g/mol. The van der Waals surface area contributed by atoms with Crippen LogP contribution in [-0.4, -0.2) is 28.8 Å². The van der Waals surface area contributed by atoms with E-state index < -0.39 is 6.10 Å². The number of carbonyl (C=O) groups is 1. The number of nitrogens with zero attached hydrogens (tertiary/aromatic N) is 1. The van der Waals surface area contributed by atoms with E-state index in [1.807, 2.05) is 42.1 Å². The molecule has 1 atom stereocenters. The van der Waals surface area contributed by atoms with E-state index in [2.05, 4.69) is 17.2 Å². The fourth-order valence-electron chi connectivity index (χ4n) is 2.17. The summed E-state index contributed by atoms with van der Waals surface area (Å²) in [7, 11) is 1.93. The molecule has 2 amide bonds. The Kier molecular flexibility index (Phi) is 4.42. The van der Waals surface area contributed by atoms with Gasteiger partial charge in [0.25, 0.3) is 0 Å². The van der Waals surface area contributed by atoms with Gasteiger partial charge in [-0.1, -0.05) is 24.3 Å². The van der Waals surface area contributed by atoms with Gasteiger partial charge in [-0.05, 0) is 6.07 Å². The molecule has 0 fully saturated rings. The maximum Gasteiger partial charge on any atom is 0.315 e. The molecule has 0 radical (unpaired) electrons. The highest BCUT2D eigenvalue weighted by Gasteiger charge is 2.15. The van der Waals surface area contributed by atoms with Gasteiger partial charge in [0, 0.05) is 42.8 Å². The summed E-state index contributed by atoms with van der Waals surface area (Å²) in [5.74, 6) is 0. The van der Waals surface area contributed by atoms with Crippen LogP contribution in [0.1, 0.15) is 11.7 Å². The molecule has 20 heavy (non-hydrogen) atoms. The van der Waals surface area contributed by atoms with E-state index >= 15 is 0 Å². The number of aryl methyl sites for hydroxylation is 1. The minimum absolute atomic E-state index is 0.164. The number of nitrogens with one attached hydrogen (secondary N) is 2. The molecule has 1 unspecified atom stereocenters. The van der Waals surface area contributed by atoms with Gasteiger partial charge in [0.1, 0.15) is 0 Å². The summed E-state index contributed by atoms with van der Waals surface area (Å²) in [5.41, 5.74) is 1.87. The van der Waals surface area contributed by atoms with Crippen LogP contribution in [-0.2, 0) is 7.05 Å². The normalized spacial score (nSPS) is 12.1. The molecule has 0 aliphatic rings. The monoisotopic (exact) mass is 273 g/mol. The Morgan fingerprint density at radius 3 is 2.95 bits per heavy atom. The first-order chi connectivity index (χ1) is 9.63. The van der Waals surface area contributed by atoms with Gasteiger partial charge in [-0.2, -0.15) is 0 Å². The number of carbonyl (C=O) groups excluding carboxylic acids is 1. The summed E-state index contributed by atoms with van der Waals surface area (Å²) in [6.07, 6.45) is 2.75. The lowest BCUT2D eigenvalue weighted by Crippen LogP contribution is -2.37. The van der Waals surface area contributed by atoms with Crippen LogP contribution >= 0.6 is 0 Å². The topological polar surface area (TPSA) is 66.3 Å². The van der Waals surface area contributed by atoms with Gasteiger partial charge in [0.2, 0.25) is 0 Å². The van der Waals surface area contributed by atoms with Crippen LogP contribution in [0.3, 0.4) is 0 Å². The number of fused-ring (bicyclic) bond motifs is 1. The molecule has 2 rings (SSSR count). The summed E-state index contributed by atoms with van der Waals surface area (Å²) in [6, 6.07) is 7.54. The second-order valence-electron chi connectivity index (χ2n) is 4.61. The highest BCUT2D eigenvalue weighted by Crippen LogP contribution is 2.25. The molecule has 1 heterocycles. The third kappa shape index (κ3) is 3.00. The molecule has 1 aromatic carbocycles. The van der Waals surface area contributed by atoms with Crippen LogP contribution in [0, 0.1) is 0 Å². The molecule has 0 saturated carbocycles. The standard InChI is InChI=1S/C15H19N3O2/c1-3-8-16-15(20)17-9-14(19)12-10-18(2)13-7-5-4-6-11(12)13/h3-7,10,14,19H,1,8-9H2,2H3,(H2,16,17,20). The molecule has 0 saturated heterocycles. The average Bonchev–Trinajstić information content (AvgIpc) is 2.80. The Morgan fingerprint density at radius 2 is 2.20 bits per heavy atom. The second-order valence-corrected chi connectivity index (χ2v) is 4.61. The van der Waals surface area contributed by atoms with Gasteiger partial charge < -0.3 is 20.3 Å². The Balaban J connectivity index is 2.06. The Bertz CT molecular complexity index is 619. The molecule has 5 nitrogen and oxygen atoms in total. The van der Waals surface area contributed by atoms with Crippen LogP contribution in [0.25, 0.3) is 10.9 Å². The maximum absolute atomic E-state index is 11.4. The van der Waals surface area contributed by atoms with Crippen LogP contribution in [0.4, 0.5) is 4.79 Å². The Hall–Kier alpha value is -2.27. The van der Waals surface area contributed by atoms with Gasteiger partial charge in [0.15, 0.2) is 0 Å². The number of benzene rings is 1. The number of rotatable bonds is 5. The fraction of sp³-hybridized carbons (Fsp3) is 0.267. The summed E-state index contributed by atoms with van der Waals surface area (Å²) in [5, 5.41) is 16.5. The predicted molar refractivity (Wildman–Crippen MR) is 79.5 cm³/mol. The fourth-order valence-corrected chi connectivity index (χ4v) is 2.17. The highest BCUT2D eigenvalue weighted by molar-refractivity contribution is 5.84. The van der Waals surface area contributed by atoms with Gasteiger partial charge in [0.05, 0.1) is 6.10 Å². The number of aromatic nitrogens is 1. The van der Waals surface area contributed by atoms with E-state index in [0.717, 1.165) is 16.5 Å². The smallest absolute Gasteiger partial charge is 0.315 e. The number of aliphatic hydroxyl groups excluding tert-OH is 1. The van der Waals surface area contributed by atoms with E-state index in [1.54, 1.807) is 6.08 Å². The van der Waals surface area contributed by atoms with E-state index in [0.29, 0.717) is 6.54 Å². The first kappa shape index (κ1) is 14.1. The third-order valence-corrected chi connectivity index (χ3v) is 3.15. The SMILES string of the molecule is C=CCNC(=O)NCC(O)c1cn(C)c2ccccc12. The number of amides is 2. The van der Waals surface area contributed by atoms with Crippen molar-refractivity contribution in [2.45, 2.75) is 6.10 Å². The highest BCUT2D eigenvalue weighted by atomic mass is 16.3. The van der Waals surface area contributed by atoms with Crippen molar-refractivity contribution in [3.05, 3.63) is 48.7 Å². The largest absolute Gasteiger partial charge is 0.386 e. The van der Waals surface area contributed by atoms with Gasteiger partial charge in [-0.15, -0.1) is 6.58 Å². The van der Waals surface area contributed by atoms with Gasteiger partial charge >= 0.3 is 6.03 Å². The summed E-state index contributed by atoms with van der Waals surface area (Å²) in [6.45, 7) is 4.08. The Labute approximate surface area is 117 Å². The van der Waals surface area contributed by atoms with Crippen molar-refractivity contribution in [3.63, 3.8) is 0 Å². The lowest BCUT2D eigenvalue weighted by Gasteiger charge is -2.11. The minimum atomic E-state index is -0.740. The predicted octanol–water partition coefficient (Wildman–Crippen LogP) is 1.70. The lowest BCUT2D eigenvalue weighted by atomic mass is 10.1. The van der Waals surface area contributed by atoms with Crippen LogP contribution in [0.2, 0.25) is 0 Å². The van der Waals surface area contributed by atoms with E-state index in [1.165, 1.54) is 0 Å². The molecule has 0 bridgehead atoms. The van der Waals surface area contributed by atoms with Crippen LogP contribution in [0.5, 0.6) is 0 Å². The molecule has 1 aromatic heterocycles. The van der Waals surface area contributed by atoms with Crippen molar-refractivity contribution in [2.24, 2.45) is 7.05 Å². The van der Waals surface area contributed by atoms with Crippen molar-refractivity contribution < 1.29 is 9.90 Å². The Morgan fingerprint density at radius 1 is 1.45 bits per heavy atom. The molecule has 0 spiro atoms. The quantitative estimate of drug-likeness (QED) is 0.726. The number of aliphatic hydroxyl groups is 1. The van der Waals surface area contributed by atoms with E-state index in [9.17, 15) is 9.90 Å². The zero-order valence-corrected chi connectivity index (χ0v) is 11.5. The number of para-hydroxylation sites is 1. The van der Waals surface area contributed by atoms with Crippen LogP contribution in [0.15, 0.2) is 43.1 Å². The summed E-state index contributed by atoms with van der Waals surface area (Å²) in [4.78, 5) is 11.4. The molecular formula is C15H19N3O2. The van der Waals surface area contributed by atoms with Gasteiger partial charge in [-0.3, -0.25) is 0 Å². The van der Waals surface area contributed by atoms with Crippen molar-refractivity contribution in [1.82, 2.24) is 15.2 Å². The maximum atomic E-state index is 11.4. The van der Waals surface area contributed by atoms with E-state index in [-0.39, 0.29) is 12.6 Å². The molecule has 0 aliphatic heterocycles. The average molecular weight is 273 g/mol. The number of urea groups is 1. The van der Waals surface area contributed by atoms with E-state index in [4.69, 9.17) is 0 Å². The minimum Gasteiger partial charge on any atom is -0.386 e. The van der Waals surface area contributed by atoms with Gasteiger partial charge in [-0.25, -0.2) is 4.79 Å². The third-order valence-electron chi connectivity index (χ3n) is 3.15. The zero-order valence-electron chi connectivity index (χ0n) is 11.5. The zero-order chi connectivity index (χ0) is 14.5. The summed E-state index contributed by atoms with van der Waals surface area (Å²) < 4.78 is 1.96. The van der Waals surface area contributed by atoms with Crippen molar-refractivity contribution in [1.29, 1.82) is 0 Å². The molecule has 2 aromatic rings. The molecule has 5 heteroatoms.